The Labute approximate surface area is 143 Å². The second-order valence-electron chi connectivity index (χ2n) is 6.51. The largest absolute Gasteiger partial charge is 0.369 e. The third-order valence-corrected chi connectivity index (χ3v) is 5.52. The van der Waals surface area contributed by atoms with Gasteiger partial charge < -0.3 is 5.73 Å². The Kier molecular flexibility index (Phi) is 17.0. The molecule has 0 radical (unpaired) electrons. The smallest absolute Gasteiger partial charge is 0.230 e. The Balaban J connectivity index is 3.04. The molecule has 2 N–H and O–H groups in total. The minimum atomic E-state index is -0.185. The first-order valence-electron chi connectivity index (χ1n) is 9.59. The molecule has 22 heavy (non-hydrogen) atoms. The number of nitrogens with two attached hydrogens (primary N) is 1. The van der Waals surface area contributed by atoms with Crippen molar-refractivity contribution < 1.29 is 4.79 Å². The molecule has 1 unspecified atom stereocenters. The van der Waals surface area contributed by atoms with Gasteiger partial charge in [-0.15, -0.1) is 11.8 Å². The summed E-state index contributed by atoms with van der Waals surface area (Å²) in [6.07, 6.45) is 19.5. The van der Waals surface area contributed by atoms with Crippen LogP contribution in [0.3, 0.4) is 0 Å². The Morgan fingerprint density at radius 2 is 1.14 bits per heavy atom. The highest BCUT2D eigenvalue weighted by atomic mass is 32.2. The summed E-state index contributed by atoms with van der Waals surface area (Å²) in [6.45, 7) is 4.18. The molecule has 0 rings (SSSR count). The molecule has 1 amide bonds. The monoisotopic (exact) mass is 329 g/mol. The molecule has 0 bridgehead atoms. The average Bonchev–Trinajstić information content (AvgIpc) is 2.50. The highest BCUT2D eigenvalue weighted by molar-refractivity contribution is 8.00. The third-order valence-electron chi connectivity index (χ3n) is 4.27. The molecular formula is C19H39NOS. The molecular weight excluding hydrogens is 290 g/mol. The van der Waals surface area contributed by atoms with Crippen molar-refractivity contribution in [3.8, 4) is 0 Å². The predicted octanol–water partition coefficient (Wildman–Crippen LogP) is 6.07. The average molecular weight is 330 g/mol. The summed E-state index contributed by atoms with van der Waals surface area (Å²) in [5, 5.41) is -0.0260. The van der Waals surface area contributed by atoms with Gasteiger partial charge >= 0.3 is 0 Å². The maximum absolute atomic E-state index is 10.9. The first-order chi connectivity index (χ1) is 10.7. The van der Waals surface area contributed by atoms with Gasteiger partial charge in [0.05, 0.1) is 5.25 Å². The molecule has 0 aliphatic rings. The zero-order chi connectivity index (χ0) is 16.5. The molecule has 0 aliphatic carbocycles. The molecule has 2 nitrogen and oxygen atoms in total. The van der Waals surface area contributed by atoms with Crippen LogP contribution in [0, 0.1) is 0 Å². The Morgan fingerprint density at radius 1 is 0.773 bits per heavy atom. The van der Waals surface area contributed by atoms with E-state index in [1.54, 1.807) is 11.8 Å². The molecule has 0 aromatic carbocycles. The fourth-order valence-electron chi connectivity index (χ4n) is 2.64. The van der Waals surface area contributed by atoms with Crippen molar-refractivity contribution in [1.82, 2.24) is 0 Å². The van der Waals surface area contributed by atoms with E-state index in [9.17, 15) is 4.79 Å². The number of hydrogen-bond acceptors (Lipinski definition) is 2. The summed E-state index contributed by atoms with van der Waals surface area (Å²) in [5.41, 5.74) is 5.24. The Morgan fingerprint density at radius 3 is 1.50 bits per heavy atom. The lowest BCUT2D eigenvalue weighted by Crippen LogP contribution is -2.22. The number of rotatable bonds is 17. The molecule has 0 spiro atoms. The van der Waals surface area contributed by atoms with Crippen LogP contribution in [-0.4, -0.2) is 16.9 Å². The maximum atomic E-state index is 10.9. The molecule has 0 heterocycles. The van der Waals surface area contributed by atoms with Crippen LogP contribution in [0.2, 0.25) is 0 Å². The summed E-state index contributed by atoms with van der Waals surface area (Å²) in [7, 11) is 0. The van der Waals surface area contributed by atoms with E-state index in [4.69, 9.17) is 5.73 Å². The molecule has 132 valence electrons. The minimum absolute atomic E-state index is 0.0260. The van der Waals surface area contributed by atoms with Crippen molar-refractivity contribution in [2.45, 2.75) is 109 Å². The van der Waals surface area contributed by atoms with Crippen molar-refractivity contribution >= 4 is 17.7 Å². The van der Waals surface area contributed by atoms with Gasteiger partial charge in [0.25, 0.3) is 0 Å². The fourth-order valence-corrected chi connectivity index (χ4v) is 3.53. The van der Waals surface area contributed by atoms with Gasteiger partial charge in [0.15, 0.2) is 0 Å². The van der Waals surface area contributed by atoms with E-state index < -0.39 is 0 Å². The van der Waals surface area contributed by atoms with Gasteiger partial charge in [-0.3, -0.25) is 4.79 Å². The highest BCUT2D eigenvalue weighted by Gasteiger charge is 2.07. The fraction of sp³-hybridized carbons (Fsp3) is 0.947. The normalized spacial score (nSPS) is 12.5. The minimum Gasteiger partial charge on any atom is -0.369 e. The molecule has 0 fully saturated rings. The van der Waals surface area contributed by atoms with Crippen molar-refractivity contribution in [2.24, 2.45) is 5.73 Å². The van der Waals surface area contributed by atoms with E-state index in [2.05, 4.69) is 6.92 Å². The van der Waals surface area contributed by atoms with Crippen LogP contribution < -0.4 is 5.73 Å². The zero-order valence-corrected chi connectivity index (χ0v) is 15.9. The van der Waals surface area contributed by atoms with Crippen LogP contribution in [0.1, 0.15) is 104 Å². The van der Waals surface area contributed by atoms with Gasteiger partial charge in [-0.05, 0) is 19.1 Å². The first kappa shape index (κ1) is 21.8. The predicted molar refractivity (Wildman–Crippen MR) is 101 cm³/mol. The van der Waals surface area contributed by atoms with E-state index >= 15 is 0 Å². The molecule has 0 aromatic heterocycles. The summed E-state index contributed by atoms with van der Waals surface area (Å²) < 4.78 is 0. The van der Waals surface area contributed by atoms with Crippen molar-refractivity contribution in [3.63, 3.8) is 0 Å². The lowest BCUT2D eigenvalue weighted by Gasteiger charge is -2.06. The van der Waals surface area contributed by atoms with E-state index in [0.29, 0.717) is 0 Å². The Bertz CT molecular complexity index is 246. The zero-order valence-electron chi connectivity index (χ0n) is 15.1. The van der Waals surface area contributed by atoms with Crippen LogP contribution in [0.15, 0.2) is 0 Å². The highest BCUT2D eigenvalue weighted by Crippen LogP contribution is 2.15. The van der Waals surface area contributed by atoms with Gasteiger partial charge in [-0.1, -0.05) is 90.4 Å². The number of hydrogen-bond donors (Lipinski definition) is 1. The number of unbranched alkanes of at least 4 members (excludes halogenated alkanes) is 13. The summed E-state index contributed by atoms with van der Waals surface area (Å²) >= 11 is 1.69. The van der Waals surface area contributed by atoms with Crippen molar-refractivity contribution in [1.29, 1.82) is 0 Å². The van der Waals surface area contributed by atoms with Gasteiger partial charge in [0.1, 0.15) is 0 Å². The van der Waals surface area contributed by atoms with E-state index in [1.165, 1.54) is 89.9 Å². The lowest BCUT2D eigenvalue weighted by atomic mass is 10.0. The molecule has 0 aliphatic heterocycles. The standard InChI is InChI=1S/C19H39NOS/c1-3-4-5-6-7-8-9-10-11-12-13-14-15-16-17-22-18(2)19(20)21/h18H,3-17H2,1-2H3,(H2,20,21). The molecule has 3 heteroatoms. The summed E-state index contributed by atoms with van der Waals surface area (Å²) in [4.78, 5) is 10.9. The second kappa shape index (κ2) is 17.2. The van der Waals surface area contributed by atoms with Gasteiger partial charge in [0.2, 0.25) is 5.91 Å². The Hall–Kier alpha value is -0.180. The van der Waals surface area contributed by atoms with Crippen molar-refractivity contribution in [2.75, 3.05) is 5.75 Å². The second-order valence-corrected chi connectivity index (χ2v) is 7.96. The van der Waals surface area contributed by atoms with Crippen LogP contribution in [-0.2, 0) is 4.79 Å². The molecule has 0 aromatic rings. The quantitative estimate of drug-likeness (QED) is 0.329. The first-order valence-corrected chi connectivity index (χ1v) is 10.6. The lowest BCUT2D eigenvalue weighted by molar-refractivity contribution is -0.117. The topological polar surface area (TPSA) is 43.1 Å². The van der Waals surface area contributed by atoms with Crippen LogP contribution >= 0.6 is 11.8 Å². The maximum Gasteiger partial charge on any atom is 0.230 e. The van der Waals surface area contributed by atoms with E-state index in [-0.39, 0.29) is 11.2 Å². The SMILES string of the molecule is CCCCCCCCCCCCCCCCSC(C)C(N)=O. The number of amides is 1. The van der Waals surface area contributed by atoms with Crippen LogP contribution in [0.4, 0.5) is 0 Å². The van der Waals surface area contributed by atoms with Gasteiger partial charge in [-0.2, -0.15) is 0 Å². The number of carbonyl (C=O) groups excluding carboxylic acids is 1. The summed E-state index contributed by atoms with van der Waals surface area (Å²) in [5.74, 6) is 0.887. The van der Waals surface area contributed by atoms with E-state index in [1.807, 2.05) is 6.92 Å². The van der Waals surface area contributed by atoms with Crippen LogP contribution in [0.25, 0.3) is 0 Å². The number of carbonyl (C=O) groups is 1. The number of thioether (sulfide) groups is 1. The summed E-state index contributed by atoms with van der Waals surface area (Å²) in [6, 6.07) is 0. The van der Waals surface area contributed by atoms with Gasteiger partial charge in [0, 0.05) is 0 Å². The molecule has 0 saturated heterocycles. The van der Waals surface area contributed by atoms with Crippen LogP contribution in [0.5, 0.6) is 0 Å². The van der Waals surface area contributed by atoms with Gasteiger partial charge in [-0.25, -0.2) is 0 Å². The number of primary amides is 1. The van der Waals surface area contributed by atoms with E-state index in [0.717, 1.165) is 5.75 Å². The van der Waals surface area contributed by atoms with Crippen molar-refractivity contribution in [3.05, 3.63) is 0 Å². The molecule has 0 saturated carbocycles. The third kappa shape index (κ3) is 16.2. The molecule has 1 atom stereocenters.